The molecule has 6 heteroatoms. The van der Waals surface area contributed by atoms with Gasteiger partial charge in [-0.3, -0.25) is 4.90 Å². The minimum Gasteiger partial charge on any atom is -0.445 e. The SMILES string of the molecule is Fc1cccc(Cc2cnc([C@@H]3CCN(Cc4cscn4)C3)o2)c1. The van der Waals surface area contributed by atoms with Crippen LogP contribution in [0.4, 0.5) is 4.39 Å². The van der Waals surface area contributed by atoms with Gasteiger partial charge in [0, 0.05) is 30.8 Å². The first-order valence-electron chi connectivity index (χ1n) is 8.05. The molecule has 0 amide bonds. The van der Waals surface area contributed by atoms with Crippen molar-refractivity contribution in [1.29, 1.82) is 0 Å². The number of halogens is 1. The number of thiazole rings is 1. The number of rotatable bonds is 5. The molecule has 3 heterocycles. The molecule has 1 fully saturated rings. The van der Waals surface area contributed by atoms with Crippen molar-refractivity contribution >= 4 is 11.3 Å². The summed E-state index contributed by atoms with van der Waals surface area (Å²) in [4.78, 5) is 11.2. The predicted molar refractivity (Wildman–Crippen MR) is 90.5 cm³/mol. The number of aromatic nitrogens is 2. The zero-order chi connectivity index (χ0) is 16.4. The van der Waals surface area contributed by atoms with Crippen molar-refractivity contribution in [2.75, 3.05) is 13.1 Å². The highest BCUT2D eigenvalue weighted by molar-refractivity contribution is 7.07. The molecule has 124 valence electrons. The molecule has 1 aromatic carbocycles. The van der Waals surface area contributed by atoms with E-state index in [1.807, 2.05) is 11.6 Å². The maximum Gasteiger partial charge on any atom is 0.198 e. The smallest absolute Gasteiger partial charge is 0.198 e. The van der Waals surface area contributed by atoms with Crippen LogP contribution in [0.25, 0.3) is 0 Å². The number of hydrogen-bond acceptors (Lipinski definition) is 5. The van der Waals surface area contributed by atoms with Gasteiger partial charge in [0.2, 0.25) is 0 Å². The van der Waals surface area contributed by atoms with E-state index in [2.05, 4.69) is 20.2 Å². The minimum atomic E-state index is -0.222. The first-order valence-corrected chi connectivity index (χ1v) is 8.99. The molecule has 1 aliphatic rings. The Morgan fingerprint density at radius 3 is 3.12 bits per heavy atom. The van der Waals surface area contributed by atoms with Gasteiger partial charge in [-0.25, -0.2) is 14.4 Å². The summed E-state index contributed by atoms with van der Waals surface area (Å²) in [7, 11) is 0. The van der Waals surface area contributed by atoms with Crippen molar-refractivity contribution in [1.82, 2.24) is 14.9 Å². The molecule has 0 bridgehead atoms. The van der Waals surface area contributed by atoms with Gasteiger partial charge >= 0.3 is 0 Å². The molecule has 1 saturated heterocycles. The molecule has 24 heavy (non-hydrogen) atoms. The number of nitrogens with zero attached hydrogens (tertiary/aromatic N) is 3. The third-order valence-electron chi connectivity index (χ3n) is 4.33. The quantitative estimate of drug-likeness (QED) is 0.706. The average molecular weight is 343 g/mol. The van der Waals surface area contributed by atoms with Crippen LogP contribution in [0.5, 0.6) is 0 Å². The van der Waals surface area contributed by atoms with Gasteiger partial charge in [-0.1, -0.05) is 12.1 Å². The third kappa shape index (κ3) is 3.55. The molecule has 0 aliphatic carbocycles. The highest BCUT2D eigenvalue weighted by Gasteiger charge is 2.27. The largest absolute Gasteiger partial charge is 0.445 e. The van der Waals surface area contributed by atoms with E-state index in [9.17, 15) is 4.39 Å². The second-order valence-electron chi connectivity index (χ2n) is 6.17. The highest BCUT2D eigenvalue weighted by Crippen LogP contribution is 2.28. The topological polar surface area (TPSA) is 42.2 Å². The summed E-state index contributed by atoms with van der Waals surface area (Å²) in [6.07, 6.45) is 3.38. The summed E-state index contributed by atoms with van der Waals surface area (Å²) in [6, 6.07) is 6.60. The molecule has 0 unspecified atom stereocenters. The Balaban J connectivity index is 1.38. The number of oxazole rings is 1. The lowest BCUT2D eigenvalue weighted by atomic mass is 10.1. The molecule has 0 N–H and O–H groups in total. The maximum atomic E-state index is 13.3. The fourth-order valence-corrected chi connectivity index (χ4v) is 3.71. The van der Waals surface area contributed by atoms with Crippen LogP contribution in [-0.2, 0) is 13.0 Å². The van der Waals surface area contributed by atoms with Gasteiger partial charge in [-0.05, 0) is 30.7 Å². The summed E-state index contributed by atoms with van der Waals surface area (Å²) in [5.41, 5.74) is 3.89. The fraction of sp³-hybridized carbons (Fsp3) is 0.333. The van der Waals surface area contributed by atoms with Crippen LogP contribution in [0.15, 0.2) is 45.8 Å². The van der Waals surface area contributed by atoms with Crippen LogP contribution in [0, 0.1) is 5.82 Å². The zero-order valence-corrected chi connectivity index (χ0v) is 14.0. The van der Waals surface area contributed by atoms with Gasteiger partial charge in [0.15, 0.2) is 5.89 Å². The Morgan fingerprint density at radius 2 is 2.29 bits per heavy atom. The number of likely N-dealkylation sites (tertiary alicyclic amines) is 1. The van der Waals surface area contributed by atoms with Crippen LogP contribution in [0.1, 0.15) is 35.2 Å². The van der Waals surface area contributed by atoms with Crippen molar-refractivity contribution in [3.8, 4) is 0 Å². The average Bonchev–Trinajstić information content (AvgIpc) is 3.29. The lowest BCUT2D eigenvalue weighted by Crippen LogP contribution is -2.19. The molecule has 1 atom stereocenters. The second-order valence-corrected chi connectivity index (χ2v) is 6.89. The van der Waals surface area contributed by atoms with Gasteiger partial charge in [-0.2, -0.15) is 0 Å². The molecule has 0 spiro atoms. The monoisotopic (exact) mass is 343 g/mol. The van der Waals surface area contributed by atoms with Gasteiger partial charge in [0.05, 0.1) is 17.4 Å². The van der Waals surface area contributed by atoms with Crippen LogP contribution in [0.3, 0.4) is 0 Å². The van der Waals surface area contributed by atoms with E-state index in [1.165, 1.54) is 12.1 Å². The second kappa shape index (κ2) is 6.83. The van der Waals surface area contributed by atoms with Crippen molar-refractivity contribution in [2.45, 2.75) is 25.3 Å². The third-order valence-corrected chi connectivity index (χ3v) is 4.96. The molecule has 0 radical (unpaired) electrons. The first kappa shape index (κ1) is 15.5. The van der Waals surface area contributed by atoms with E-state index in [4.69, 9.17) is 4.42 Å². The lowest BCUT2D eigenvalue weighted by molar-refractivity contribution is 0.315. The summed E-state index contributed by atoms with van der Waals surface area (Å²) in [5, 5.41) is 2.09. The fourth-order valence-electron chi connectivity index (χ4n) is 3.16. The molecular weight excluding hydrogens is 325 g/mol. The van der Waals surface area contributed by atoms with Crippen molar-refractivity contribution < 1.29 is 8.81 Å². The molecule has 4 nitrogen and oxygen atoms in total. The Morgan fingerprint density at radius 1 is 1.33 bits per heavy atom. The van der Waals surface area contributed by atoms with Gasteiger partial charge in [-0.15, -0.1) is 11.3 Å². The molecular formula is C18H18FN3OS. The van der Waals surface area contributed by atoms with E-state index in [1.54, 1.807) is 23.6 Å². The highest BCUT2D eigenvalue weighted by atomic mass is 32.1. The van der Waals surface area contributed by atoms with Crippen molar-refractivity contribution in [2.24, 2.45) is 0 Å². The number of hydrogen-bond donors (Lipinski definition) is 0. The molecule has 3 aromatic rings. The summed E-state index contributed by atoms with van der Waals surface area (Å²) < 4.78 is 19.2. The molecule has 1 aliphatic heterocycles. The normalized spacial score (nSPS) is 18.3. The van der Waals surface area contributed by atoms with E-state index >= 15 is 0 Å². The summed E-state index contributed by atoms with van der Waals surface area (Å²) in [6.45, 7) is 2.86. The van der Waals surface area contributed by atoms with Crippen molar-refractivity contribution in [3.63, 3.8) is 0 Å². The Kier molecular flexibility index (Phi) is 4.40. The van der Waals surface area contributed by atoms with E-state index in [0.717, 1.165) is 49.0 Å². The molecule has 4 rings (SSSR count). The van der Waals surface area contributed by atoms with E-state index < -0.39 is 0 Å². The minimum absolute atomic E-state index is 0.222. The van der Waals surface area contributed by atoms with Crippen LogP contribution in [-0.4, -0.2) is 28.0 Å². The molecule has 2 aromatic heterocycles. The lowest BCUT2D eigenvalue weighted by Gasteiger charge is -2.13. The summed E-state index contributed by atoms with van der Waals surface area (Å²) >= 11 is 1.63. The predicted octanol–water partition coefficient (Wildman–Crippen LogP) is 3.85. The van der Waals surface area contributed by atoms with Gasteiger partial charge in [0.1, 0.15) is 11.6 Å². The zero-order valence-electron chi connectivity index (χ0n) is 13.2. The van der Waals surface area contributed by atoms with E-state index in [0.29, 0.717) is 12.3 Å². The van der Waals surface area contributed by atoms with Crippen LogP contribution >= 0.6 is 11.3 Å². The van der Waals surface area contributed by atoms with Gasteiger partial charge < -0.3 is 4.42 Å². The van der Waals surface area contributed by atoms with Crippen LogP contribution < -0.4 is 0 Å². The Bertz CT molecular complexity index is 802. The summed E-state index contributed by atoms with van der Waals surface area (Å²) in [5.74, 6) is 1.68. The Hall–Kier alpha value is -2.05. The molecule has 0 saturated carbocycles. The van der Waals surface area contributed by atoms with E-state index in [-0.39, 0.29) is 5.82 Å². The van der Waals surface area contributed by atoms with Crippen LogP contribution in [0.2, 0.25) is 0 Å². The van der Waals surface area contributed by atoms with Crippen molar-refractivity contribution in [3.05, 3.63) is 70.1 Å². The number of benzene rings is 1. The van der Waals surface area contributed by atoms with Gasteiger partial charge in [0.25, 0.3) is 0 Å². The maximum absolute atomic E-state index is 13.3. The first-order chi connectivity index (χ1) is 11.8. The standard InChI is InChI=1S/C18H18FN3OS/c19-15-3-1-2-13(6-15)7-17-8-20-18(23-17)14-4-5-22(9-14)10-16-11-24-12-21-16/h1-3,6,8,11-12,14H,4-5,7,9-10H2/t14-/m1/s1. The Labute approximate surface area is 144 Å².